The lowest BCUT2D eigenvalue weighted by Crippen LogP contribution is -2.27. The van der Waals surface area contributed by atoms with Crippen LogP contribution in [-0.2, 0) is 0 Å². The molecule has 0 spiro atoms. The first-order chi connectivity index (χ1) is 13.6. The standard InChI is InChI=1S/C20H19N7O/c1-13(17-11-24-27(14(17)2)18-9-5-6-10-21-18)25-20(28)16-8-4-3-7-15(16)19-22-12-23-26-19/h3-13H,1-2H3,(H,25,28)(H,22,23,26)/t13-/m1/s1. The maximum absolute atomic E-state index is 12.9. The van der Waals surface area contributed by atoms with E-state index in [1.54, 1.807) is 23.1 Å². The number of nitrogens with zero attached hydrogens (tertiary/aromatic N) is 5. The second-order valence-corrected chi connectivity index (χ2v) is 6.36. The Balaban J connectivity index is 1.58. The van der Waals surface area contributed by atoms with E-state index in [9.17, 15) is 4.79 Å². The molecule has 0 bridgehead atoms. The third-order valence-electron chi connectivity index (χ3n) is 4.57. The molecule has 28 heavy (non-hydrogen) atoms. The predicted molar refractivity (Wildman–Crippen MR) is 104 cm³/mol. The highest BCUT2D eigenvalue weighted by Gasteiger charge is 2.20. The van der Waals surface area contributed by atoms with Crippen molar-refractivity contribution in [1.82, 2.24) is 35.3 Å². The van der Waals surface area contributed by atoms with E-state index in [4.69, 9.17) is 0 Å². The van der Waals surface area contributed by atoms with Crippen LogP contribution in [0.2, 0.25) is 0 Å². The number of carbonyl (C=O) groups is 1. The molecule has 1 amide bonds. The fraction of sp³-hybridized carbons (Fsp3) is 0.150. The molecule has 2 N–H and O–H groups in total. The van der Waals surface area contributed by atoms with E-state index in [1.165, 1.54) is 6.33 Å². The quantitative estimate of drug-likeness (QED) is 0.560. The van der Waals surface area contributed by atoms with Gasteiger partial charge in [0, 0.05) is 23.0 Å². The third-order valence-corrected chi connectivity index (χ3v) is 4.57. The Bertz CT molecular complexity index is 1090. The van der Waals surface area contributed by atoms with Gasteiger partial charge in [0.15, 0.2) is 11.6 Å². The van der Waals surface area contributed by atoms with E-state index in [2.05, 4.69) is 30.6 Å². The number of hydrogen-bond donors (Lipinski definition) is 2. The number of benzene rings is 1. The van der Waals surface area contributed by atoms with E-state index in [0.29, 0.717) is 17.0 Å². The molecule has 3 heterocycles. The zero-order valence-electron chi connectivity index (χ0n) is 15.5. The molecule has 4 aromatic rings. The van der Waals surface area contributed by atoms with Crippen molar-refractivity contribution in [2.75, 3.05) is 0 Å². The Labute approximate surface area is 161 Å². The summed E-state index contributed by atoms with van der Waals surface area (Å²) in [6.07, 6.45) is 4.90. The van der Waals surface area contributed by atoms with E-state index in [-0.39, 0.29) is 11.9 Å². The van der Waals surface area contributed by atoms with Crippen molar-refractivity contribution >= 4 is 5.91 Å². The van der Waals surface area contributed by atoms with Gasteiger partial charge in [0.05, 0.1) is 17.8 Å². The van der Waals surface area contributed by atoms with Crippen LogP contribution in [0.1, 0.15) is 34.6 Å². The largest absolute Gasteiger partial charge is 0.345 e. The van der Waals surface area contributed by atoms with Gasteiger partial charge >= 0.3 is 0 Å². The number of hydrogen-bond acceptors (Lipinski definition) is 5. The van der Waals surface area contributed by atoms with Crippen molar-refractivity contribution in [2.24, 2.45) is 0 Å². The van der Waals surface area contributed by atoms with E-state index < -0.39 is 0 Å². The lowest BCUT2D eigenvalue weighted by molar-refractivity contribution is 0.0940. The minimum absolute atomic E-state index is 0.190. The summed E-state index contributed by atoms with van der Waals surface area (Å²) in [5, 5.41) is 14.1. The van der Waals surface area contributed by atoms with Crippen LogP contribution < -0.4 is 5.32 Å². The minimum Gasteiger partial charge on any atom is -0.345 e. The topological polar surface area (TPSA) is 101 Å². The van der Waals surface area contributed by atoms with Gasteiger partial charge in [-0.05, 0) is 32.0 Å². The number of aromatic nitrogens is 6. The van der Waals surface area contributed by atoms with Crippen molar-refractivity contribution in [2.45, 2.75) is 19.9 Å². The lowest BCUT2D eigenvalue weighted by Gasteiger charge is -2.15. The summed E-state index contributed by atoms with van der Waals surface area (Å²) in [6.45, 7) is 3.89. The van der Waals surface area contributed by atoms with E-state index in [1.807, 2.05) is 50.2 Å². The molecule has 0 saturated heterocycles. The lowest BCUT2D eigenvalue weighted by atomic mass is 10.0. The van der Waals surface area contributed by atoms with Crippen LogP contribution in [0.25, 0.3) is 17.2 Å². The first-order valence-corrected chi connectivity index (χ1v) is 8.86. The molecule has 1 aromatic carbocycles. The molecule has 3 aromatic heterocycles. The zero-order chi connectivity index (χ0) is 19.5. The zero-order valence-corrected chi connectivity index (χ0v) is 15.5. The molecular weight excluding hydrogens is 354 g/mol. The van der Waals surface area contributed by atoms with E-state index in [0.717, 1.165) is 17.1 Å². The Hall–Kier alpha value is -3.81. The van der Waals surface area contributed by atoms with Crippen LogP contribution in [0.15, 0.2) is 61.2 Å². The predicted octanol–water partition coefficient (Wildman–Crippen LogP) is 2.85. The maximum atomic E-state index is 12.9. The average molecular weight is 373 g/mol. The smallest absolute Gasteiger partial charge is 0.252 e. The van der Waals surface area contributed by atoms with Gasteiger partial charge in [-0.25, -0.2) is 14.6 Å². The first kappa shape index (κ1) is 17.6. The molecule has 0 saturated carbocycles. The van der Waals surface area contributed by atoms with Gasteiger partial charge in [0.2, 0.25) is 0 Å². The molecule has 8 heteroatoms. The molecule has 1 atom stereocenters. The van der Waals surface area contributed by atoms with Crippen LogP contribution in [0.4, 0.5) is 0 Å². The summed E-state index contributed by atoms with van der Waals surface area (Å²) in [6, 6.07) is 12.7. The van der Waals surface area contributed by atoms with Crippen molar-refractivity contribution in [1.29, 1.82) is 0 Å². The monoisotopic (exact) mass is 373 g/mol. The molecule has 8 nitrogen and oxygen atoms in total. The summed E-state index contributed by atoms with van der Waals surface area (Å²) >= 11 is 0. The molecule has 4 rings (SSSR count). The summed E-state index contributed by atoms with van der Waals surface area (Å²) in [5.74, 6) is 1.10. The molecule has 0 unspecified atom stereocenters. The second-order valence-electron chi connectivity index (χ2n) is 6.36. The third kappa shape index (κ3) is 3.27. The maximum Gasteiger partial charge on any atom is 0.252 e. The van der Waals surface area contributed by atoms with Gasteiger partial charge in [-0.15, -0.1) is 0 Å². The number of pyridine rings is 1. The summed E-state index contributed by atoms with van der Waals surface area (Å²) in [4.78, 5) is 21.4. The van der Waals surface area contributed by atoms with Crippen molar-refractivity contribution in [3.05, 3.63) is 78.0 Å². The van der Waals surface area contributed by atoms with Gasteiger partial charge in [-0.3, -0.25) is 9.89 Å². The Kier molecular flexibility index (Phi) is 4.67. The van der Waals surface area contributed by atoms with Crippen LogP contribution in [0.5, 0.6) is 0 Å². The molecule has 0 radical (unpaired) electrons. The van der Waals surface area contributed by atoms with Gasteiger partial charge in [0.1, 0.15) is 6.33 Å². The van der Waals surface area contributed by atoms with Gasteiger partial charge in [-0.1, -0.05) is 24.3 Å². The van der Waals surface area contributed by atoms with Crippen LogP contribution >= 0.6 is 0 Å². The Morgan fingerprint density at radius 2 is 1.96 bits per heavy atom. The highest BCUT2D eigenvalue weighted by Crippen LogP contribution is 2.22. The van der Waals surface area contributed by atoms with Crippen LogP contribution in [-0.4, -0.2) is 35.9 Å². The molecule has 0 fully saturated rings. The number of nitrogens with one attached hydrogen (secondary N) is 2. The SMILES string of the molecule is Cc1c([C@@H](C)NC(=O)c2ccccc2-c2ncn[nH]2)cnn1-c1ccccn1. The number of amides is 1. The fourth-order valence-electron chi connectivity index (χ4n) is 3.13. The average Bonchev–Trinajstić information content (AvgIpc) is 3.38. The van der Waals surface area contributed by atoms with Crippen LogP contribution in [0, 0.1) is 6.92 Å². The highest BCUT2D eigenvalue weighted by atomic mass is 16.1. The van der Waals surface area contributed by atoms with Crippen molar-refractivity contribution in [3.8, 4) is 17.2 Å². The molecule has 140 valence electrons. The fourth-order valence-corrected chi connectivity index (χ4v) is 3.13. The Morgan fingerprint density at radius 1 is 1.14 bits per heavy atom. The van der Waals surface area contributed by atoms with Gasteiger partial charge < -0.3 is 5.32 Å². The summed E-state index contributed by atoms with van der Waals surface area (Å²) < 4.78 is 1.76. The summed E-state index contributed by atoms with van der Waals surface area (Å²) in [5.41, 5.74) is 3.08. The minimum atomic E-state index is -0.229. The van der Waals surface area contributed by atoms with Gasteiger partial charge in [-0.2, -0.15) is 10.2 Å². The number of H-pyrrole nitrogens is 1. The van der Waals surface area contributed by atoms with Crippen molar-refractivity contribution in [3.63, 3.8) is 0 Å². The second kappa shape index (κ2) is 7.43. The normalized spacial score (nSPS) is 11.9. The molecule has 0 aliphatic carbocycles. The van der Waals surface area contributed by atoms with Crippen LogP contribution in [0.3, 0.4) is 0 Å². The Morgan fingerprint density at radius 3 is 2.71 bits per heavy atom. The number of rotatable bonds is 5. The summed E-state index contributed by atoms with van der Waals surface area (Å²) in [7, 11) is 0. The number of carbonyl (C=O) groups excluding carboxylic acids is 1. The molecule has 0 aliphatic rings. The molecular formula is C20H19N7O. The first-order valence-electron chi connectivity index (χ1n) is 8.86. The highest BCUT2D eigenvalue weighted by molar-refractivity contribution is 6.00. The molecule has 0 aliphatic heterocycles. The number of aromatic amines is 1. The van der Waals surface area contributed by atoms with Crippen molar-refractivity contribution < 1.29 is 4.79 Å². The van der Waals surface area contributed by atoms with Gasteiger partial charge in [0.25, 0.3) is 5.91 Å². The van der Waals surface area contributed by atoms with E-state index >= 15 is 0 Å².